The summed E-state index contributed by atoms with van der Waals surface area (Å²) < 4.78 is 7.58. The van der Waals surface area contributed by atoms with Crippen LogP contribution in [0.3, 0.4) is 0 Å². The van der Waals surface area contributed by atoms with Gasteiger partial charge in [0.25, 0.3) is 0 Å². The van der Waals surface area contributed by atoms with Crippen molar-refractivity contribution >= 4 is 17.8 Å². The van der Waals surface area contributed by atoms with Crippen LogP contribution < -0.4 is 38.2 Å². The second kappa shape index (κ2) is 9.55. The number of hydrogen-bond donors (Lipinski definition) is 0. The summed E-state index contributed by atoms with van der Waals surface area (Å²) in [5.41, 5.74) is 3.46. The number of rotatable bonds is 6. The van der Waals surface area contributed by atoms with E-state index < -0.39 is 0 Å². The van der Waals surface area contributed by atoms with Gasteiger partial charge in [-0.05, 0) is 31.5 Å². The maximum atomic E-state index is 5.55. The summed E-state index contributed by atoms with van der Waals surface area (Å²) in [4.78, 5) is 2.31. The Labute approximate surface area is 156 Å². The van der Waals surface area contributed by atoms with E-state index in [0.717, 1.165) is 24.4 Å². The molecule has 0 unspecified atom stereocenters. The Kier molecular flexibility index (Phi) is 8.09. The maximum Gasteiger partial charge on any atom is 0.169 e. The average Bonchev–Trinajstić information content (AvgIpc) is 2.56. The molecule has 0 aliphatic rings. The number of methoxy groups -OCH3 is 1. The van der Waals surface area contributed by atoms with Crippen molar-refractivity contribution in [3.63, 3.8) is 0 Å². The molecule has 1 aromatic heterocycles. The molecule has 23 heavy (non-hydrogen) atoms. The van der Waals surface area contributed by atoms with Crippen molar-refractivity contribution < 1.29 is 33.3 Å². The van der Waals surface area contributed by atoms with Crippen molar-refractivity contribution in [1.29, 1.82) is 0 Å². The van der Waals surface area contributed by atoms with Gasteiger partial charge in [0, 0.05) is 42.5 Å². The van der Waals surface area contributed by atoms with Gasteiger partial charge in [0.05, 0.1) is 7.11 Å². The van der Waals surface area contributed by atoms with Crippen molar-refractivity contribution in [2.24, 2.45) is 7.05 Å². The smallest absolute Gasteiger partial charge is 0.169 e. The fourth-order valence-corrected chi connectivity index (χ4v) is 2.43. The lowest BCUT2D eigenvalue weighted by molar-refractivity contribution is -0.671. The molecule has 0 saturated heterocycles. The first-order valence-corrected chi connectivity index (χ1v) is 7.74. The van der Waals surface area contributed by atoms with Crippen LogP contribution in [0.5, 0.6) is 5.75 Å². The highest BCUT2D eigenvalue weighted by atomic mass is 127. The molecule has 0 radical (unpaired) electrons. The summed E-state index contributed by atoms with van der Waals surface area (Å²) in [5, 5.41) is 0. The van der Waals surface area contributed by atoms with Crippen molar-refractivity contribution in [3.05, 3.63) is 53.9 Å². The van der Waals surface area contributed by atoms with E-state index in [1.54, 1.807) is 7.11 Å². The van der Waals surface area contributed by atoms with Gasteiger partial charge < -0.3 is 33.6 Å². The number of anilines is 1. The van der Waals surface area contributed by atoms with Gasteiger partial charge in [-0.2, -0.15) is 0 Å². The second-order valence-electron chi connectivity index (χ2n) is 5.23. The highest BCUT2D eigenvalue weighted by molar-refractivity contribution is 5.74. The molecule has 2 rings (SSSR count). The largest absolute Gasteiger partial charge is 1.00 e. The molecule has 124 valence electrons. The van der Waals surface area contributed by atoms with E-state index in [2.05, 4.69) is 61.2 Å². The van der Waals surface area contributed by atoms with Crippen LogP contribution in [-0.4, -0.2) is 20.2 Å². The summed E-state index contributed by atoms with van der Waals surface area (Å²) in [7, 11) is 3.74. The molecule has 0 spiro atoms. The van der Waals surface area contributed by atoms with Gasteiger partial charge in [0.1, 0.15) is 12.8 Å². The monoisotopic (exact) mass is 424 g/mol. The van der Waals surface area contributed by atoms with E-state index in [0.29, 0.717) is 0 Å². The fourth-order valence-electron chi connectivity index (χ4n) is 2.43. The summed E-state index contributed by atoms with van der Waals surface area (Å²) in [6.45, 7) is 6.32. The number of ether oxygens (including phenoxy) is 1. The molecular formula is C19H25IN2O. The van der Waals surface area contributed by atoms with Crippen LogP contribution in [0.25, 0.3) is 12.2 Å². The molecule has 0 aliphatic carbocycles. The number of pyridine rings is 1. The number of nitrogens with zero attached hydrogens (tertiary/aromatic N) is 2. The van der Waals surface area contributed by atoms with Crippen LogP contribution in [0, 0.1) is 0 Å². The van der Waals surface area contributed by atoms with E-state index in [1.165, 1.54) is 11.3 Å². The number of halogens is 1. The molecule has 3 nitrogen and oxygen atoms in total. The molecular weight excluding hydrogens is 399 g/mol. The zero-order valence-electron chi connectivity index (χ0n) is 14.3. The zero-order chi connectivity index (χ0) is 15.9. The van der Waals surface area contributed by atoms with Gasteiger partial charge in [0.2, 0.25) is 0 Å². The first-order chi connectivity index (χ1) is 10.7. The van der Waals surface area contributed by atoms with Gasteiger partial charge in [0.15, 0.2) is 12.4 Å². The van der Waals surface area contributed by atoms with Gasteiger partial charge in [-0.1, -0.05) is 12.2 Å². The summed E-state index contributed by atoms with van der Waals surface area (Å²) in [6.07, 6.45) is 8.29. The fraction of sp³-hybridized carbons (Fsp3) is 0.316. The number of hydrogen-bond acceptors (Lipinski definition) is 2. The molecule has 0 amide bonds. The van der Waals surface area contributed by atoms with Crippen LogP contribution in [0.2, 0.25) is 0 Å². The standard InChI is InChI=1S/C19H25N2O.HI/c1-5-21(6-2)18-10-9-17(19(15-18)22-4)8-7-16-11-13-20(3)14-12-16;/h7-15H,5-6H2,1-4H3;1H/q+1;/p-1. The molecule has 4 heteroatoms. The Hall–Kier alpha value is -1.56. The van der Waals surface area contributed by atoms with E-state index in [-0.39, 0.29) is 24.0 Å². The molecule has 0 bridgehead atoms. The Morgan fingerprint density at radius 1 is 1.04 bits per heavy atom. The lowest BCUT2D eigenvalue weighted by atomic mass is 10.1. The SMILES string of the molecule is CCN(CC)c1ccc(/C=C/c2cc[n+](C)cc2)c(OC)c1.[I-]. The first kappa shape index (κ1) is 19.5. The molecule has 0 atom stereocenters. The lowest BCUT2D eigenvalue weighted by Gasteiger charge is -2.22. The third-order valence-electron chi connectivity index (χ3n) is 3.81. The molecule has 0 saturated carbocycles. The van der Waals surface area contributed by atoms with Crippen LogP contribution in [-0.2, 0) is 7.05 Å². The number of aryl methyl sites for hydroxylation is 1. The van der Waals surface area contributed by atoms with E-state index in [1.807, 2.05) is 24.0 Å². The summed E-state index contributed by atoms with van der Waals surface area (Å²) in [5.74, 6) is 0.905. The van der Waals surface area contributed by atoms with Gasteiger partial charge in [-0.15, -0.1) is 0 Å². The number of aromatic nitrogens is 1. The zero-order valence-corrected chi connectivity index (χ0v) is 16.4. The highest BCUT2D eigenvalue weighted by Gasteiger charge is 2.06. The van der Waals surface area contributed by atoms with Crippen LogP contribution in [0.15, 0.2) is 42.7 Å². The summed E-state index contributed by atoms with van der Waals surface area (Å²) >= 11 is 0. The maximum absolute atomic E-state index is 5.55. The minimum atomic E-state index is 0. The van der Waals surface area contributed by atoms with E-state index in [9.17, 15) is 0 Å². The van der Waals surface area contributed by atoms with Gasteiger partial charge >= 0.3 is 0 Å². The molecule has 1 heterocycles. The number of benzene rings is 1. The third kappa shape index (κ3) is 5.23. The van der Waals surface area contributed by atoms with Crippen molar-refractivity contribution in [2.75, 3.05) is 25.1 Å². The lowest BCUT2D eigenvalue weighted by Crippen LogP contribution is -3.00. The third-order valence-corrected chi connectivity index (χ3v) is 3.81. The molecule has 1 aromatic carbocycles. The van der Waals surface area contributed by atoms with E-state index >= 15 is 0 Å². The first-order valence-electron chi connectivity index (χ1n) is 7.74. The molecule has 0 fully saturated rings. The van der Waals surface area contributed by atoms with Gasteiger partial charge in [-0.3, -0.25) is 0 Å². The Bertz CT molecular complexity index is 634. The summed E-state index contributed by atoms with van der Waals surface area (Å²) in [6, 6.07) is 10.6. The second-order valence-corrected chi connectivity index (χ2v) is 5.23. The van der Waals surface area contributed by atoms with Gasteiger partial charge in [-0.25, -0.2) is 4.57 Å². The normalized spacial score (nSPS) is 10.4. The average molecular weight is 424 g/mol. The van der Waals surface area contributed by atoms with Crippen LogP contribution in [0.1, 0.15) is 25.0 Å². The highest BCUT2D eigenvalue weighted by Crippen LogP contribution is 2.27. The molecule has 0 aliphatic heterocycles. The predicted molar refractivity (Wildman–Crippen MR) is 93.1 cm³/mol. The van der Waals surface area contributed by atoms with E-state index in [4.69, 9.17) is 4.74 Å². The Balaban J connectivity index is 0.00000264. The minimum absolute atomic E-state index is 0. The Morgan fingerprint density at radius 3 is 2.26 bits per heavy atom. The Morgan fingerprint density at radius 2 is 1.70 bits per heavy atom. The van der Waals surface area contributed by atoms with Crippen LogP contribution >= 0.6 is 0 Å². The van der Waals surface area contributed by atoms with Crippen molar-refractivity contribution in [1.82, 2.24) is 0 Å². The van der Waals surface area contributed by atoms with Crippen molar-refractivity contribution in [3.8, 4) is 5.75 Å². The predicted octanol–water partition coefficient (Wildman–Crippen LogP) is 0.540. The molecule has 2 aromatic rings. The minimum Gasteiger partial charge on any atom is -1.00 e. The quantitative estimate of drug-likeness (QED) is 0.498. The molecule has 0 N–H and O–H groups in total. The van der Waals surface area contributed by atoms with Crippen LogP contribution in [0.4, 0.5) is 5.69 Å². The van der Waals surface area contributed by atoms with Crippen molar-refractivity contribution in [2.45, 2.75) is 13.8 Å². The topological polar surface area (TPSA) is 16.4 Å².